The van der Waals surface area contributed by atoms with Crippen molar-refractivity contribution in [1.82, 2.24) is 5.32 Å². The molecule has 1 N–H and O–H groups in total. The van der Waals surface area contributed by atoms with Crippen molar-refractivity contribution in [3.63, 3.8) is 0 Å². The highest BCUT2D eigenvalue weighted by atomic mass is 28.4. The molecule has 24 heavy (non-hydrogen) atoms. The van der Waals surface area contributed by atoms with Gasteiger partial charge >= 0.3 is 14.9 Å². The SMILES string of the molecule is CCO[Si](CCCNC(=O)OCC1(CC)COC1)(OCC)OCC. The van der Waals surface area contributed by atoms with Crippen molar-refractivity contribution >= 4 is 14.9 Å². The Labute approximate surface area is 146 Å². The highest BCUT2D eigenvalue weighted by Gasteiger charge is 2.40. The average molecular weight is 364 g/mol. The van der Waals surface area contributed by atoms with Gasteiger partial charge < -0.3 is 28.1 Å². The van der Waals surface area contributed by atoms with E-state index in [1.807, 2.05) is 20.8 Å². The molecule has 7 nitrogen and oxygen atoms in total. The standard InChI is InChI=1S/C16H33NO6Si/c1-5-16(12-19-13-16)14-20-15(18)17-10-9-11-24(21-6-2,22-7-3)23-8-4/h5-14H2,1-4H3,(H,17,18). The van der Waals surface area contributed by atoms with Gasteiger partial charge in [0.25, 0.3) is 0 Å². The van der Waals surface area contributed by atoms with E-state index in [0.29, 0.717) is 52.2 Å². The van der Waals surface area contributed by atoms with Crippen molar-refractivity contribution in [2.45, 2.75) is 46.6 Å². The van der Waals surface area contributed by atoms with Crippen LogP contribution < -0.4 is 5.32 Å². The fourth-order valence-corrected chi connectivity index (χ4v) is 5.16. The molecule has 1 aliphatic rings. The van der Waals surface area contributed by atoms with Crippen LogP contribution in [-0.2, 0) is 22.8 Å². The molecule has 1 aliphatic heterocycles. The summed E-state index contributed by atoms with van der Waals surface area (Å²) >= 11 is 0. The molecule has 1 heterocycles. The van der Waals surface area contributed by atoms with Gasteiger partial charge in [0, 0.05) is 32.4 Å². The summed E-state index contributed by atoms with van der Waals surface area (Å²) in [7, 11) is -2.63. The lowest BCUT2D eigenvalue weighted by atomic mass is 9.84. The number of alkyl carbamates (subject to hydrolysis) is 1. The maximum atomic E-state index is 11.8. The van der Waals surface area contributed by atoms with E-state index in [9.17, 15) is 4.79 Å². The van der Waals surface area contributed by atoms with Gasteiger partial charge in [-0.3, -0.25) is 0 Å². The summed E-state index contributed by atoms with van der Waals surface area (Å²) in [4.78, 5) is 11.8. The number of hydrogen-bond acceptors (Lipinski definition) is 6. The van der Waals surface area contributed by atoms with E-state index in [1.54, 1.807) is 0 Å². The number of carbonyl (C=O) groups excluding carboxylic acids is 1. The third-order valence-electron chi connectivity index (χ3n) is 4.10. The summed E-state index contributed by atoms with van der Waals surface area (Å²) in [5.41, 5.74) is 0.0122. The molecular formula is C16H33NO6Si. The lowest BCUT2D eigenvalue weighted by Gasteiger charge is -2.39. The first-order valence-corrected chi connectivity index (χ1v) is 10.9. The monoisotopic (exact) mass is 363 g/mol. The van der Waals surface area contributed by atoms with Crippen LogP contribution in [0.3, 0.4) is 0 Å². The fourth-order valence-electron chi connectivity index (χ4n) is 2.55. The molecule has 0 aromatic carbocycles. The Morgan fingerprint density at radius 1 is 1.08 bits per heavy atom. The second-order valence-corrected chi connectivity index (χ2v) is 8.67. The van der Waals surface area contributed by atoms with E-state index in [4.69, 9.17) is 22.8 Å². The molecule has 1 amide bonds. The molecule has 1 saturated heterocycles. The molecule has 1 rings (SSSR count). The Morgan fingerprint density at radius 2 is 1.67 bits per heavy atom. The van der Waals surface area contributed by atoms with Crippen LogP contribution in [0.15, 0.2) is 0 Å². The van der Waals surface area contributed by atoms with Gasteiger partial charge in [-0.2, -0.15) is 0 Å². The van der Waals surface area contributed by atoms with Gasteiger partial charge in [-0.15, -0.1) is 0 Å². The number of ether oxygens (including phenoxy) is 2. The number of rotatable bonds is 13. The third-order valence-corrected chi connectivity index (χ3v) is 7.25. The normalized spacial score (nSPS) is 16.5. The van der Waals surface area contributed by atoms with Gasteiger partial charge in [-0.25, -0.2) is 4.79 Å². The maximum Gasteiger partial charge on any atom is 0.500 e. The van der Waals surface area contributed by atoms with Crippen LogP contribution in [0.1, 0.15) is 40.5 Å². The molecule has 0 aliphatic carbocycles. The predicted octanol–water partition coefficient (Wildman–Crippen LogP) is 2.58. The molecule has 0 aromatic heterocycles. The molecule has 8 heteroatoms. The van der Waals surface area contributed by atoms with Crippen molar-refractivity contribution < 1.29 is 27.5 Å². The van der Waals surface area contributed by atoms with Gasteiger partial charge in [0.05, 0.1) is 18.6 Å². The Morgan fingerprint density at radius 3 is 2.08 bits per heavy atom. The van der Waals surface area contributed by atoms with Crippen molar-refractivity contribution in [1.29, 1.82) is 0 Å². The number of nitrogens with one attached hydrogen (secondary N) is 1. The molecule has 142 valence electrons. The minimum absolute atomic E-state index is 0.0122. The Bertz CT molecular complexity index is 342. The zero-order valence-corrected chi connectivity index (χ0v) is 16.5. The molecule has 1 fully saturated rings. The zero-order chi connectivity index (χ0) is 17.9. The molecule has 0 bridgehead atoms. The van der Waals surface area contributed by atoms with Crippen LogP contribution in [-0.4, -0.2) is 61.1 Å². The first-order valence-electron chi connectivity index (χ1n) is 8.95. The summed E-state index contributed by atoms with van der Waals surface area (Å²) in [6.45, 7) is 11.8. The molecule has 0 unspecified atom stereocenters. The first kappa shape index (κ1) is 21.4. The minimum atomic E-state index is -2.63. The minimum Gasteiger partial charge on any atom is -0.449 e. The van der Waals surface area contributed by atoms with Gasteiger partial charge in [-0.1, -0.05) is 6.92 Å². The number of hydrogen-bond donors (Lipinski definition) is 1. The van der Waals surface area contributed by atoms with Gasteiger partial charge in [0.15, 0.2) is 0 Å². The van der Waals surface area contributed by atoms with Gasteiger partial charge in [0.2, 0.25) is 0 Å². The lowest BCUT2D eigenvalue weighted by Crippen LogP contribution is -2.47. The van der Waals surface area contributed by atoms with Crippen LogP contribution in [0, 0.1) is 5.41 Å². The van der Waals surface area contributed by atoms with E-state index in [-0.39, 0.29) is 11.5 Å². The van der Waals surface area contributed by atoms with Gasteiger partial charge in [0.1, 0.15) is 6.61 Å². The van der Waals surface area contributed by atoms with E-state index in [0.717, 1.165) is 12.8 Å². The summed E-state index contributed by atoms with van der Waals surface area (Å²) in [6.07, 6.45) is 1.29. The quantitative estimate of drug-likeness (QED) is 0.400. The molecule has 0 spiro atoms. The van der Waals surface area contributed by atoms with Crippen molar-refractivity contribution in [2.24, 2.45) is 5.41 Å². The number of amides is 1. The zero-order valence-electron chi connectivity index (χ0n) is 15.5. The first-order chi connectivity index (χ1) is 11.6. The van der Waals surface area contributed by atoms with Gasteiger partial charge in [-0.05, 0) is 33.6 Å². The van der Waals surface area contributed by atoms with Crippen molar-refractivity contribution in [2.75, 3.05) is 46.2 Å². The van der Waals surface area contributed by atoms with Crippen molar-refractivity contribution in [3.8, 4) is 0 Å². The van der Waals surface area contributed by atoms with E-state index in [1.165, 1.54) is 0 Å². The smallest absolute Gasteiger partial charge is 0.449 e. The van der Waals surface area contributed by atoms with Crippen LogP contribution >= 0.6 is 0 Å². The molecule has 0 radical (unpaired) electrons. The van der Waals surface area contributed by atoms with Crippen LogP contribution in [0.2, 0.25) is 6.04 Å². The summed E-state index contributed by atoms with van der Waals surface area (Å²) in [5.74, 6) is 0. The summed E-state index contributed by atoms with van der Waals surface area (Å²) < 4.78 is 27.9. The van der Waals surface area contributed by atoms with E-state index < -0.39 is 8.80 Å². The fraction of sp³-hybridized carbons (Fsp3) is 0.938. The molecule has 0 atom stereocenters. The Hall–Kier alpha value is -0.673. The lowest BCUT2D eigenvalue weighted by molar-refractivity contribution is -0.138. The van der Waals surface area contributed by atoms with Crippen LogP contribution in [0.5, 0.6) is 0 Å². The van der Waals surface area contributed by atoms with Crippen LogP contribution in [0.4, 0.5) is 4.79 Å². The van der Waals surface area contributed by atoms with E-state index in [2.05, 4.69) is 12.2 Å². The summed E-state index contributed by atoms with van der Waals surface area (Å²) in [5, 5.41) is 2.78. The Balaban J connectivity index is 2.27. The molecule has 0 saturated carbocycles. The highest BCUT2D eigenvalue weighted by molar-refractivity contribution is 6.60. The predicted molar refractivity (Wildman–Crippen MR) is 92.9 cm³/mol. The van der Waals surface area contributed by atoms with E-state index >= 15 is 0 Å². The largest absolute Gasteiger partial charge is 0.500 e. The van der Waals surface area contributed by atoms with Crippen molar-refractivity contribution in [3.05, 3.63) is 0 Å². The second kappa shape index (κ2) is 11.0. The summed E-state index contributed by atoms with van der Waals surface area (Å²) in [6, 6.07) is 0.676. The third kappa shape index (κ3) is 6.68. The van der Waals surface area contributed by atoms with Crippen LogP contribution in [0.25, 0.3) is 0 Å². The molecule has 0 aromatic rings. The highest BCUT2D eigenvalue weighted by Crippen LogP contribution is 2.31. The molecular weight excluding hydrogens is 330 g/mol. The number of carbonyl (C=O) groups is 1. The maximum absolute atomic E-state index is 11.8. The average Bonchev–Trinajstić information content (AvgIpc) is 2.52. The topological polar surface area (TPSA) is 75.3 Å². The Kier molecular flexibility index (Phi) is 9.83. The second-order valence-electron chi connectivity index (χ2n) is 5.93.